The van der Waals surface area contributed by atoms with E-state index in [-0.39, 0.29) is 29.6 Å². The van der Waals surface area contributed by atoms with E-state index in [2.05, 4.69) is 0 Å². The molecule has 0 amide bonds. The van der Waals surface area contributed by atoms with E-state index in [1.807, 2.05) is 25.1 Å². The van der Waals surface area contributed by atoms with Crippen molar-refractivity contribution >= 4 is 25.0 Å². The van der Waals surface area contributed by atoms with E-state index in [0.29, 0.717) is 10.6 Å². The van der Waals surface area contributed by atoms with E-state index in [1.165, 1.54) is 14.2 Å². The molecule has 0 aromatic heterocycles. The minimum atomic E-state index is -3.50. The summed E-state index contributed by atoms with van der Waals surface area (Å²) < 4.78 is 21.6. The number of benzene rings is 2. The number of hydrogen-bond donors (Lipinski definition) is 0. The summed E-state index contributed by atoms with van der Waals surface area (Å²) in [6, 6.07) is 12.6. The first kappa shape index (κ1) is 21.5. The van der Waals surface area contributed by atoms with Crippen LogP contribution in [0.5, 0.6) is 0 Å². The molecular weight excluding hydrogens is 358 g/mol. The third-order valence-electron chi connectivity index (χ3n) is 3.43. The van der Waals surface area contributed by atoms with E-state index >= 15 is 0 Å². The maximum atomic E-state index is 12.3. The van der Waals surface area contributed by atoms with Gasteiger partial charge in [0.1, 0.15) is 0 Å². The van der Waals surface area contributed by atoms with Crippen LogP contribution >= 0.6 is 19.2 Å². The molecular formula is C17H17ClNaO4P. The average Bonchev–Trinajstić information content (AvgIpc) is 2.54. The smallest absolute Gasteiger partial charge is 0.872 e. The largest absolute Gasteiger partial charge is 1.00 e. The van der Waals surface area contributed by atoms with Gasteiger partial charge in [-0.1, -0.05) is 41.6 Å². The summed E-state index contributed by atoms with van der Waals surface area (Å²) in [7, 11) is -1.02. The summed E-state index contributed by atoms with van der Waals surface area (Å²) in [4.78, 5) is 0. The van der Waals surface area contributed by atoms with Gasteiger partial charge in [0.25, 0.3) is 0 Å². The average molecular weight is 375 g/mol. The van der Waals surface area contributed by atoms with Crippen molar-refractivity contribution < 1.29 is 48.3 Å². The fourth-order valence-corrected chi connectivity index (χ4v) is 3.21. The third kappa shape index (κ3) is 5.21. The Hall–Kier alpha value is -0.580. The molecule has 0 unspecified atom stereocenters. The first-order valence-electron chi connectivity index (χ1n) is 6.86. The SMILES string of the molecule is COP(=O)(C=C([O-])c1cccc(-c2ccc(Cl)cc2C)c1)OC.[Na+]. The molecule has 0 atom stereocenters. The van der Waals surface area contributed by atoms with Crippen molar-refractivity contribution in [2.45, 2.75) is 6.92 Å². The maximum Gasteiger partial charge on any atom is 1.00 e. The molecule has 0 saturated heterocycles. The molecule has 0 aliphatic carbocycles. The fourth-order valence-electron chi connectivity index (χ4n) is 2.19. The second-order valence-electron chi connectivity index (χ2n) is 4.94. The van der Waals surface area contributed by atoms with Crippen LogP contribution in [0.4, 0.5) is 0 Å². The molecule has 0 fully saturated rings. The van der Waals surface area contributed by atoms with Crippen molar-refractivity contribution in [2.75, 3.05) is 14.2 Å². The monoisotopic (exact) mass is 374 g/mol. The summed E-state index contributed by atoms with van der Waals surface area (Å²) >= 11 is 5.97. The van der Waals surface area contributed by atoms with Crippen LogP contribution in [-0.4, -0.2) is 14.2 Å². The van der Waals surface area contributed by atoms with Gasteiger partial charge in [0.05, 0.1) is 0 Å². The van der Waals surface area contributed by atoms with Gasteiger partial charge in [-0.25, -0.2) is 0 Å². The molecule has 0 aliphatic rings. The van der Waals surface area contributed by atoms with Crippen LogP contribution in [0.3, 0.4) is 0 Å². The van der Waals surface area contributed by atoms with Gasteiger partial charge in [0.15, 0.2) is 0 Å². The molecule has 24 heavy (non-hydrogen) atoms. The first-order chi connectivity index (χ1) is 10.9. The van der Waals surface area contributed by atoms with Crippen LogP contribution in [-0.2, 0) is 13.6 Å². The molecule has 0 radical (unpaired) electrons. The predicted molar refractivity (Wildman–Crippen MR) is 91.2 cm³/mol. The molecule has 0 saturated carbocycles. The van der Waals surface area contributed by atoms with Gasteiger partial charge in [-0.2, -0.15) is 0 Å². The van der Waals surface area contributed by atoms with E-state index in [0.717, 1.165) is 22.5 Å². The Balaban J connectivity index is 0.00000288. The number of hydrogen-bond acceptors (Lipinski definition) is 4. The topological polar surface area (TPSA) is 58.6 Å². The van der Waals surface area contributed by atoms with E-state index in [4.69, 9.17) is 20.6 Å². The zero-order chi connectivity index (χ0) is 17.0. The standard InChI is InChI=1S/C17H18ClO4P.Na/c1-12-9-15(18)7-8-16(12)13-5-4-6-14(10-13)17(19)11-23(20,21-2)22-3;/h4-11,19H,1-3H3;/q;+1/p-1. The second kappa shape index (κ2) is 9.21. The molecule has 7 heteroatoms. The van der Waals surface area contributed by atoms with Crippen molar-refractivity contribution in [1.29, 1.82) is 0 Å². The molecule has 0 N–H and O–H groups in total. The van der Waals surface area contributed by atoms with Gasteiger partial charge in [0.2, 0.25) is 0 Å². The van der Waals surface area contributed by atoms with Crippen LogP contribution in [0.2, 0.25) is 5.02 Å². The Labute approximate surface area is 169 Å². The van der Waals surface area contributed by atoms with Crippen LogP contribution in [0.1, 0.15) is 11.1 Å². The number of aryl methyl sites for hydroxylation is 1. The van der Waals surface area contributed by atoms with Crippen LogP contribution in [0, 0.1) is 6.92 Å². The van der Waals surface area contributed by atoms with E-state index in [1.54, 1.807) is 24.3 Å². The molecule has 122 valence electrons. The van der Waals surface area contributed by atoms with Crippen LogP contribution in [0.25, 0.3) is 16.9 Å². The summed E-state index contributed by atoms with van der Waals surface area (Å²) in [6.07, 6.45) is 0. The minimum absolute atomic E-state index is 0. The van der Waals surface area contributed by atoms with Crippen molar-refractivity contribution in [3.63, 3.8) is 0 Å². The summed E-state index contributed by atoms with van der Waals surface area (Å²) in [5.74, 6) is 0.575. The molecule has 0 bridgehead atoms. The maximum absolute atomic E-state index is 12.3. The van der Waals surface area contributed by atoms with Crippen molar-refractivity contribution in [1.82, 2.24) is 0 Å². The van der Waals surface area contributed by atoms with Gasteiger partial charge in [-0.05, 0) is 47.4 Å². The van der Waals surface area contributed by atoms with E-state index < -0.39 is 13.4 Å². The van der Waals surface area contributed by atoms with Gasteiger partial charge in [-0.15, -0.1) is 0 Å². The first-order valence-corrected chi connectivity index (χ1v) is 8.85. The number of halogens is 1. The van der Waals surface area contributed by atoms with Crippen LogP contribution < -0.4 is 34.7 Å². The number of rotatable bonds is 5. The Kier molecular flexibility index (Phi) is 8.24. The van der Waals surface area contributed by atoms with Gasteiger partial charge in [-0.3, -0.25) is 4.57 Å². The molecule has 0 aliphatic heterocycles. The fraction of sp³-hybridized carbons (Fsp3) is 0.176. The summed E-state index contributed by atoms with van der Waals surface area (Å²) in [6.45, 7) is 1.95. The normalized spacial score (nSPS) is 11.9. The Morgan fingerprint density at radius 1 is 1.17 bits per heavy atom. The Bertz CT molecular complexity index is 784. The van der Waals surface area contributed by atoms with Crippen LogP contribution in [0.15, 0.2) is 48.3 Å². The summed E-state index contributed by atoms with van der Waals surface area (Å²) in [5, 5.41) is 13.0. The molecule has 0 spiro atoms. The minimum Gasteiger partial charge on any atom is -0.872 e. The van der Waals surface area contributed by atoms with Gasteiger partial charge >= 0.3 is 37.2 Å². The van der Waals surface area contributed by atoms with Crippen molar-refractivity contribution in [3.8, 4) is 11.1 Å². The zero-order valence-corrected chi connectivity index (χ0v) is 17.7. The summed E-state index contributed by atoms with van der Waals surface area (Å²) in [5.41, 5.74) is 3.27. The molecule has 2 aromatic carbocycles. The predicted octanol–water partition coefficient (Wildman–Crippen LogP) is 1.46. The van der Waals surface area contributed by atoms with E-state index in [9.17, 15) is 9.67 Å². The van der Waals surface area contributed by atoms with Gasteiger partial charge < -0.3 is 14.2 Å². The second-order valence-corrected chi connectivity index (χ2v) is 7.44. The molecule has 0 heterocycles. The zero-order valence-electron chi connectivity index (χ0n) is 14.1. The molecule has 2 rings (SSSR count). The Morgan fingerprint density at radius 2 is 1.83 bits per heavy atom. The third-order valence-corrected chi connectivity index (χ3v) is 5.23. The molecule has 4 nitrogen and oxygen atoms in total. The van der Waals surface area contributed by atoms with Gasteiger partial charge in [0, 0.05) is 25.1 Å². The van der Waals surface area contributed by atoms with Crippen molar-refractivity contribution in [3.05, 3.63) is 64.4 Å². The Morgan fingerprint density at radius 3 is 2.42 bits per heavy atom. The van der Waals surface area contributed by atoms with Crippen molar-refractivity contribution in [2.24, 2.45) is 0 Å². The molecule has 2 aromatic rings. The quantitative estimate of drug-likeness (QED) is 0.452.